The van der Waals surface area contributed by atoms with Crippen molar-refractivity contribution < 1.29 is 0 Å². The minimum atomic E-state index is 0.316. The molecule has 0 saturated heterocycles. The van der Waals surface area contributed by atoms with Gasteiger partial charge in [0, 0.05) is 8.45 Å². The number of aryl methyl sites for hydroxylation is 2. The zero-order valence-electron chi connectivity index (χ0n) is 11.7. The average molecular weight is 385 g/mol. The van der Waals surface area contributed by atoms with E-state index in [1.54, 1.807) is 0 Å². The highest BCUT2D eigenvalue weighted by Gasteiger charge is 2.17. The van der Waals surface area contributed by atoms with E-state index in [0.717, 1.165) is 13.0 Å². The maximum Gasteiger partial charge on any atom is 0.0595 e. The van der Waals surface area contributed by atoms with Gasteiger partial charge < -0.3 is 5.32 Å². The molecular weight excluding hydrogens is 365 g/mol. The standard InChI is InChI=1S/C16H20INS/c1-4-8-18-16(13-9-12(3)19-10-13)14-7-5-6-11(2)15(14)17/h5-7,9-10,16,18H,4,8H2,1-3H3. The highest BCUT2D eigenvalue weighted by Crippen LogP contribution is 2.30. The molecule has 0 aliphatic heterocycles. The Kier molecular flexibility index (Phi) is 5.42. The van der Waals surface area contributed by atoms with E-state index >= 15 is 0 Å². The monoisotopic (exact) mass is 385 g/mol. The maximum absolute atomic E-state index is 3.69. The predicted molar refractivity (Wildman–Crippen MR) is 93.1 cm³/mol. The Hall–Kier alpha value is -0.390. The molecule has 1 unspecified atom stereocenters. The summed E-state index contributed by atoms with van der Waals surface area (Å²) < 4.78 is 1.37. The SMILES string of the molecule is CCCNC(c1csc(C)c1)c1cccc(C)c1I. The van der Waals surface area contributed by atoms with Gasteiger partial charge in [-0.2, -0.15) is 0 Å². The van der Waals surface area contributed by atoms with Gasteiger partial charge in [-0.05, 0) is 77.5 Å². The van der Waals surface area contributed by atoms with Crippen molar-refractivity contribution in [3.8, 4) is 0 Å². The van der Waals surface area contributed by atoms with E-state index in [0.29, 0.717) is 6.04 Å². The van der Waals surface area contributed by atoms with Crippen molar-refractivity contribution >= 4 is 33.9 Å². The minimum Gasteiger partial charge on any atom is -0.306 e. The molecule has 0 aliphatic rings. The summed E-state index contributed by atoms with van der Waals surface area (Å²) in [5, 5.41) is 5.96. The molecule has 0 fully saturated rings. The van der Waals surface area contributed by atoms with Crippen molar-refractivity contribution in [2.24, 2.45) is 0 Å². The van der Waals surface area contributed by atoms with Crippen LogP contribution in [-0.4, -0.2) is 6.54 Å². The Labute approximate surface area is 133 Å². The number of hydrogen-bond acceptors (Lipinski definition) is 2. The summed E-state index contributed by atoms with van der Waals surface area (Å²) >= 11 is 4.30. The molecule has 0 radical (unpaired) electrons. The molecule has 0 spiro atoms. The van der Waals surface area contributed by atoms with Gasteiger partial charge in [0.25, 0.3) is 0 Å². The molecule has 0 bridgehead atoms. The van der Waals surface area contributed by atoms with Gasteiger partial charge in [-0.25, -0.2) is 0 Å². The zero-order valence-corrected chi connectivity index (χ0v) is 14.6. The Morgan fingerprint density at radius 2 is 2.11 bits per heavy atom. The van der Waals surface area contributed by atoms with Gasteiger partial charge in [0.1, 0.15) is 0 Å². The van der Waals surface area contributed by atoms with Crippen LogP contribution in [0.3, 0.4) is 0 Å². The summed E-state index contributed by atoms with van der Waals surface area (Å²) in [6, 6.07) is 9.20. The Bertz CT molecular complexity index is 547. The van der Waals surface area contributed by atoms with Crippen molar-refractivity contribution in [2.75, 3.05) is 6.54 Å². The number of halogens is 1. The maximum atomic E-state index is 3.69. The van der Waals surface area contributed by atoms with E-state index in [4.69, 9.17) is 0 Å². The highest BCUT2D eigenvalue weighted by atomic mass is 127. The number of nitrogens with one attached hydrogen (secondary N) is 1. The Balaban J connectivity index is 2.39. The number of benzene rings is 1. The van der Waals surface area contributed by atoms with Crippen molar-refractivity contribution in [2.45, 2.75) is 33.2 Å². The third-order valence-corrected chi connectivity index (χ3v) is 5.57. The molecule has 1 heterocycles. The molecule has 102 valence electrons. The van der Waals surface area contributed by atoms with Gasteiger partial charge in [0.2, 0.25) is 0 Å². The second-order valence-corrected chi connectivity index (χ2v) is 7.05. The van der Waals surface area contributed by atoms with Crippen LogP contribution in [-0.2, 0) is 0 Å². The molecule has 3 heteroatoms. The quantitative estimate of drug-likeness (QED) is 0.710. The van der Waals surface area contributed by atoms with Crippen LogP contribution in [0.1, 0.15) is 41.0 Å². The molecular formula is C16H20INS. The fourth-order valence-corrected chi connectivity index (χ4v) is 3.61. The topological polar surface area (TPSA) is 12.0 Å². The van der Waals surface area contributed by atoms with E-state index < -0.39 is 0 Å². The molecule has 0 aliphatic carbocycles. The summed E-state index contributed by atoms with van der Waals surface area (Å²) in [4.78, 5) is 1.38. The molecule has 1 N–H and O–H groups in total. The van der Waals surface area contributed by atoms with Crippen LogP contribution in [0.25, 0.3) is 0 Å². The lowest BCUT2D eigenvalue weighted by molar-refractivity contribution is 0.597. The molecule has 0 amide bonds. The molecule has 19 heavy (non-hydrogen) atoms. The summed E-state index contributed by atoms with van der Waals surface area (Å²) in [5.41, 5.74) is 4.14. The lowest BCUT2D eigenvalue weighted by Crippen LogP contribution is -2.23. The van der Waals surface area contributed by atoms with E-state index in [1.807, 2.05) is 11.3 Å². The van der Waals surface area contributed by atoms with Crippen LogP contribution < -0.4 is 5.32 Å². The second kappa shape index (κ2) is 6.86. The van der Waals surface area contributed by atoms with Gasteiger partial charge in [-0.3, -0.25) is 0 Å². The molecule has 1 atom stereocenters. The van der Waals surface area contributed by atoms with Crippen LogP contribution in [0, 0.1) is 17.4 Å². The molecule has 2 aromatic rings. The lowest BCUT2D eigenvalue weighted by Gasteiger charge is -2.20. The second-order valence-electron chi connectivity index (χ2n) is 4.86. The van der Waals surface area contributed by atoms with Crippen LogP contribution in [0.15, 0.2) is 29.6 Å². The first kappa shape index (κ1) is 15.0. The smallest absolute Gasteiger partial charge is 0.0595 e. The number of hydrogen-bond donors (Lipinski definition) is 1. The van der Waals surface area contributed by atoms with Gasteiger partial charge in [0.15, 0.2) is 0 Å². The van der Waals surface area contributed by atoms with E-state index in [9.17, 15) is 0 Å². The molecule has 2 rings (SSSR count). The van der Waals surface area contributed by atoms with Gasteiger partial charge in [-0.15, -0.1) is 11.3 Å². The largest absolute Gasteiger partial charge is 0.306 e. The molecule has 1 nitrogen and oxygen atoms in total. The normalized spacial score (nSPS) is 12.6. The first-order valence-electron chi connectivity index (χ1n) is 6.67. The Morgan fingerprint density at radius 1 is 1.32 bits per heavy atom. The van der Waals surface area contributed by atoms with Gasteiger partial charge in [0.05, 0.1) is 6.04 Å². The van der Waals surface area contributed by atoms with Crippen LogP contribution >= 0.6 is 33.9 Å². The molecule has 1 aromatic carbocycles. The van der Waals surface area contributed by atoms with Crippen LogP contribution in [0.5, 0.6) is 0 Å². The van der Waals surface area contributed by atoms with E-state index in [2.05, 4.69) is 78.3 Å². The fraction of sp³-hybridized carbons (Fsp3) is 0.375. The number of thiophene rings is 1. The van der Waals surface area contributed by atoms with Crippen molar-refractivity contribution in [1.82, 2.24) is 5.32 Å². The molecule has 0 saturated carbocycles. The van der Waals surface area contributed by atoms with Gasteiger partial charge >= 0.3 is 0 Å². The van der Waals surface area contributed by atoms with Crippen molar-refractivity contribution in [3.05, 3.63) is 54.8 Å². The van der Waals surface area contributed by atoms with E-state index in [-0.39, 0.29) is 0 Å². The minimum absolute atomic E-state index is 0.316. The third kappa shape index (κ3) is 3.58. The summed E-state index contributed by atoms with van der Waals surface area (Å²) in [5.74, 6) is 0. The average Bonchev–Trinajstić information content (AvgIpc) is 2.81. The number of rotatable bonds is 5. The summed E-state index contributed by atoms with van der Waals surface area (Å²) in [6.07, 6.45) is 1.15. The Morgan fingerprint density at radius 3 is 2.74 bits per heavy atom. The summed E-state index contributed by atoms with van der Waals surface area (Å²) in [6.45, 7) is 7.61. The summed E-state index contributed by atoms with van der Waals surface area (Å²) in [7, 11) is 0. The highest BCUT2D eigenvalue weighted by molar-refractivity contribution is 14.1. The third-order valence-electron chi connectivity index (χ3n) is 3.22. The van der Waals surface area contributed by atoms with Crippen LogP contribution in [0.4, 0.5) is 0 Å². The van der Waals surface area contributed by atoms with Crippen molar-refractivity contribution in [1.29, 1.82) is 0 Å². The first-order valence-corrected chi connectivity index (χ1v) is 8.62. The fourth-order valence-electron chi connectivity index (χ4n) is 2.20. The van der Waals surface area contributed by atoms with Gasteiger partial charge in [-0.1, -0.05) is 25.1 Å². The first-order chi connectivity index (χ1) is 9.13. The lowest BCUT2D eigenvalue weighted by atomic mass is 9.99. The van der Waals surface area contributed by atoms with Crippen molar-refractivity contribution in [3.63, 3.8) is 0 Å². The van der Waals surface area contributed by atoms with E-state index in [1.165, 1.54) is 25.1 Å². The zero-order chi connectivity index (χ0) is 13.8. The molecule has 1 aromatic heterocycles. The predicted octanol–water partition coefficient (Wildman–Crippen LogP) is 5.06. The van der Waals surface area contributed by atoms with Crippen LogP contribution in [0.2, 0.25) is 0 Å².